The Morgan fingerprint density at radius 1 is 1.71 bits per heavy atom. The van der Waals surface area contributed by atoms with E-state index in [1.807, 2.05) is 13.8 Å². The van der Waals surface area contributed by atoms with Crippen LogP contribution in [-0.2, 0) is 4.84 Å². The molecule has 0 saturated carbocycles. The molecule has 40 valence electrons. The summed E-state index contributed by atoms with van der Waals surface area (Å²) >= 11 is 0. The van der Waals surface area contributed by atoms with Crippen LogP contribution < -0.4 is 0 Å². The molecule has 0 aromatic carbocycles. The van der Waals surface area contributed by atoms with Gasteiger partial charge in [0, 0.05) is 0 Å². The van der Waals surface area contributed by atoms with Crippen LogP contribution in [0.15, 0.2) is 0 Å². The van der Waals surface area contributed by atoms with Crippen molar-refractivity contribution < 1.29 is 9.63 Å². The summed E-state index contributed by atoms with van der Waals surface area (Å²) in [5.41, 5.74) is 0. The molecule has 0 unspecified atom stereocenters. The number of rotatable bonds is 1. The number of amides is 1. The Morgan fingerprint density at radius 3 is 2.14 bits per heavy atom. The van der Waals surface area contributed by atoms with E-state index in [1.54, 1.807) is 0 Å². The number of hydroxylamine groups is 2. The van der Waals surface area contributed by atoms with Crippen molar-refractivity contribution in [3.05, 3.63) is 0 Å². The average Bonchev–Trinajstić information content (AvgIpc) is 2.17. The molecular formula is C4H7NO2. The van der Waals surface area contributed by atoms with Gasteiger partial charge in [0.25, 0.3) is 0 Å². The third kappa shape index (κ3) is 0.656. The quantitative estimate of drug-likeness (QED) is 0.457. The minimum absolute atomic E-state index is 0.201. The molecule has 1 saturated heterocycles. The molecule has 0 bridgehead atoms. The first-order valence-corrected chi connectivity index (χ1v) is 2.23. The highest BCUT2D eigenvalue weighted by molar-refractivity contribution is 5.76. The van der Waals surface area contributed by atoms with Gasteiger partial charge in [0.2, 0.25) is 0 Å². The number of carbonyl (C=O) groups is 1. The second-order valence-electron chi connectivity index (χ2n) is 1.78. The van der Waals surface area contributed by atoms with E-state index in [2.05, 4.69) is 4.84 Å². The van der Waals surface area contributed by atoms with Crippen molar-refractivity contribution in [1.29, 1.82) is 0 Å². The van der Waals surface area contributed by atoms with Crippen molar-refractivity contribution in [2.24, 2.45) is 0 Å². The lowest BCUT2D eigenvalue weighted by Crippen LogP contribution is -2.08. The summed E-state index contributed by atoms with van der Waals surface area (Å²) in [5, 5.41) is 1.32. The highest BCUT2D eigenvalue weighted by atomic mass is 16.9. The summed E-state index contributed by atoms with van der Waals surface area (Å²) in [4.78, 5) is 14.4. The molecule has 0 spiro atoms. The molecule has 1 aliphatic rings. The highest BCUT2D eigenvalue weighted by Crippen LogP contribution is 2.14. The van der Waals surface area contributed by atoms with Crippen LogP contribution in [0.3, 0.4) is 0 Å². The lowest BCUT2D eigenvalue weighted by molar-refractivity contribution is 0.165. The third-order valence-electron chi connectivity index (χ3n) is 0.793. The number of carbonyl (C=O) groups excluding carboxylic acids is 1. The third-order valence-corrected chi connectivity index (χ3v) is 0.793. The summed E-state index contributed by atoms with van der Waals surface area (Å²) < 4.78 is 0. The molecule has 0 aromatic rings. The lowest BCUT2D eigenvalue weighted by Gasteiger charge is -1.92. The fraction of sp³-hybridized carbons (Fsp3) is 0.750. The topological polar surface area (TPSA) is 32.6 Å². The summed E-state index contributed by atoms with van der Waals surface area (Å²) in [6.07, 6.45) is -0.213. The summed E-state index contributed by atoms with van der Waals surface area (Å²) in [6.45, 7) is 3.79. The molecule has 0 radical (unpaired) electrons. The van der Waals surface area contributed by atoms with Crippen molar-refractivity contribution in [1.82, 2.24) is 5.06 Å². The number of hydrogen-bond acceptors (Lipinski definition) is 2. The van der Waals surface area contributed by atoms with Crippen LogP contribution in [0, 0.1) is 0 Å². The van der Waals surface area contributed by atoms with E-state index in [0.29, 0.717) is 0 Å². The van der Waals surface area contributed by atoms with Gasteiger partial charge >= 0.3 is 6.09 Å². The molecule has 1 rings (SSSR count). The average molecular weight is 101 g/mol. The Morgan fingerprint density at radius 2 is 2.14 bits per heavy atom. The maximum Gasteiger partial charge on any atom is 0.468 e. The van der Waals surface area contributed by atoms with Gasteiger partial charge in [-0.05, 0) is 13.8 Å². The minimum atomic E-state index is -0.213. The summed E-state index contributed by atoms with van der Waals surface area (Å²) in [5.74, 6) is 0. The molecule has 3 heteroatoms. The first kappa shape index (κ1) is 4.43. The fourth-order valence-corrected chi connectivity index (χ4v) is 0.380. The summed E-state index contributed by atoms with van der Waals surface area (Å²) in [6, 6.07) is 0.201. The minimum Gasteiger partial charge on any atom is -0.313 e. The lowest BCUT2D eigenvalue weighted by atomic mass is 10.4. The van der Waals surface area contributed by atoms with Crippen LogP contribution in [-0.4, -0.2) is 17.2 Å². The SMILES string of the molecule is CC(C)N1OC1=O. The van der Waals surface area contributed by atoms with Crippen LogP contribution >= 0.6 is 0 Å². The number of hydrogen-bond donors (Lipinski definition) is 0. The first-order chi connectivity index (χ1) is 3.22. The Hall–Kier alpha value is -0.730. The zero-order chi connectivity index (χ0) is 5.44. The first-order valence-electron chi connectivity index (χ1n) is 2.23. The van der Waals surface area contributed by atoms with Crippen LogP contribution in [0.2, 0.25) is 0 Å². The van der Waals surface area contributed by atoms with E-state index in [4.69, 9.17) is 0 Å². The van der Waals surface area contributed by atoms with Crippen molar-refractivity contribution in [2.75, 3.05) is 0 Å². The van der Waals surface area contributed by atoms with Gasteiger partial charge < -0.3 is 4.84 Å². The van der Waals surface area contributed by atoms with Gasteiger partial charge in [-0.3, -0.25) is 0 Å². The molecule has 0 N–H and O–H groups in total. The molecule has 1 aliphatic heterocycles. The monoisotopic (exact) mass is 101 g/mol. The molecule has 0 aromatic heterocycles. The van der Waals surface area contributed by atoms with E-state index < -0.39 is 0 Å². The Kier molecular flexibility index (Phi) is 0.708. The Labute approximate surface area is 41.8 Å². The number of nitrogens with zero attached hydrogens (tertiary/aromatic N) is 1. The van der Waals surface area contributed by atoms with E-state index in [1.165, 1.54) is 5.06 Å². The molecule has 0 atom stereocenters. The largest absolute Gasteiger partial charge is 0.468 e. The molecule has 1 heterocycles. The zero-order valence-electron chi connectivity index (χ0n) is 4.34. The van der Waals surface area contributed by atoms with Crippen molar-refractivity contribution in [3.8, 4) is 0 Å². The van der Waals surface area contributed by atoms with Gasteiger partial charge in [-0.15, -0.1) is 5.06 Å². The van der Waals surface area contributed by atoms with Crippen molar-refractivity contribution in [2.45, 2.75) is 19.9 Å². The predicted octanol–water partition coefficient (Wildman–Crippen LogP) is 0.762. The zero-order valence-corrected chi connectivity index (χ0v) is 4.34. The highest BCUT2D eigenvalue weighted by Gasteiger charge is 2.36. The molecule has 7 heavy (non-hydrogen) atoms. The standard InChI is InChI=1S/C4H7NO2/c1-3(2)5-4(6)7-5/h3H,1-2H3. The normalized spacial score (nSPS) is 17.6. The van der Waals surface area contributed by atoms with Gasteiger partial charge in [0.15, 0.2) is 0 Å². The smallest absolute Gasteiger partial charge is 0.313 e. The van der Waals surface area contributed by atoms with Crippen LogP contribution in [0.5, 0.6) is 0 Å². The van der Waals surface area contributed by atoms with Gasteiger partial charge in [0.05, 0.1) is 6.04 Å². The van der Waals surface area contributed by atoms with Crippen molar-refractivity contribution in [3.63, 3.8) is 0 Å². The van der Waals surface area contributed by atoms with Crippen LogP contribution in [0.1, 0.15) is 13.8 Å². The van der Waals surface area contributed by atoms with Gasteiger partial charge in [0.1, 0.15) is 0 Å². The molecular weight excluding hydrogens is 94.0 g/mol. The van der Waals surface area contributed by atoms with E-state index in [0.717, 1.165) is 0 Å². The van der Waals surface area contributed by atoms with E-state index in [-0.39, 0.29) is 12.1 Å². The molecule has 0 aliphatic carbocycles. The van der Waals surface area contributed by atoms with E-state index in [9.17, 15) is 4.79 Å². The molecule has 3 nitrogen and oxygen atoms in total. The summed E-state index contributed by atoms with van der Waals surface area (Å²) in [7, 11) is 0. The molecule has 1 fully saturated rings. The van der Waals surface area contributed by atoms with Gasteiger partial charge in [-0.2, -0.15) is 0 Å². The van der Waals surface area contributed by atoms with Crippen LogP contribution in [0.4, 0.5) is 4.79 Å². The maximum absolute atomic E-state index is 10.0. The second-order valence-corrected chi connectivity index (χ2v) is 1.78. The maximum atomic E-state index is 10.0. The Bertz CT molecular complexity index is 99.9. The van der Waals surface area contributed by atoms with Gasteiger partial charge in [-0.1, -0.05) is 0 Å². The predicted molar refractivity (Wildman–Crippen MR) is 23.5 cm³/mol. The fourth-order valence-electron chi connectivity index (χ4n) is 0.380. The Balaban J connectivity index is 2.33. The van der Waals surface area contributed by atoms with Gasteiger partial charge in [-0.25, -0.2) is 4.79 Å². The van der Waals surface area contributed by atoms with Crippen LogP contribution in [0.25, 0.3) is 0 Å². The molecule has 1 amide bonds. The van der Waals surface area contributed by atoms with Crippen molar-refractivity contribution >= 4 is 6.09 Å². The van der Waals surface area contributed by atoms with E-state index >= 15 is 0 Å². The second kappa shape index (κ2) is 1.12.